The van der Waals surface area contributed by atoms with Crippen LogP contribution in [0.4, 0.5) is 0 Å². The van der Waals surface area contributed by atoms with Gasteiger partial charge >= 0.3 is 5.97 Å². The molecule has 4 nitrogen and oxygen atoms in total. The Hall–Kier alpha value is -0.590. The number of nitrogens with one attached hydrogen (secondary N) is 1. The van der Waals surface area contributed by atoms with Gasteiger partial charge in [-0.05, 0) is 19.9 Å². The quantitative estimate of drug-likeness (QED) is 0.610. The van der Waals surface area contributed by atoms with Crippen molar-refractivity contribution in [2.24, 2.45) is 0 Å². The smallest absolute Gasteiger partial charge is 0.326 e. The average molecular weight is 274 g/mol. The van der Waals surface area contributed by atoms with E-state index < -0.39 is 5.54 Å². The van der Waals surface area contributed by atoms with Gasteiger partial charge in [-0.1, -0.05) is 18.7 Å². The third-order valence-corrected chi connectivity index (χ3v) is 4.58. The Labute approximate surface area is 110 Å². The Balaban J connectivity index is 2.59. The number of methoxy groups -OCH3 is 1. The second-order valence-electron chi connectivity index (χ2n) is 3.84. The van der Waals surface area contributed by atoms with Crippen molar-refractivity contribution in [3.8, 4) is 0 Å². The maximum Gasteiger partial charge on any atom is 0.326 e. The molecular formula is C11H18N2O2S2. The molecule has 1 atom stereocenters. The van der Waals surface area contributed by atoms with E-state index in [4.69, 9.17) is 4.74 Å². The highest BCUT2D eigenvalue weighted by molar-refractivity contribution is 8.01. The number of hydrogen-bond acceptors (Lipinski definition) is 6. The summed E-state index contributed by atoms with van der Waals surface area (Å²) in [6, 6.07) is 0. The van der Waals surface area contributed by atoms with Gasteiger partial charge < -0.3 is 10.1 Å². The van der Waals surface area contributed by atoms with Crippen molar-refractivity contribution in [1.82, 2.24) is 10.3 Å². The normalized spacial score (nSPS) is 14.3. The molecule has 0 fully saturated rings. The first-order valence-corrected chi connectivity index (χ1v) is 7.34. The van der Waals surface area contributed by atoms with Gasteiger partial charge in [0, 0.05) is 17.3 Å². The molecule has 1 heterocycles. The van der Waals surface area contributed by atoms with Gasteiger partial charge in [0.2, 0.25) is 0 Å². The molecule has 1 rings (SSSR count). The molecule has 0 saturated carbocycles. The predicted molar refractivity (Wildman–Crippen MR) is 71.6 cm³/mol. The molecular weight excluding hydrogens is 256 g/mol. The van der Waals surface area contributed by atoms with Crippen LogP contribution in [0.2, 0.25) is 0 Å². The zero-order chi connectivity index (χ0) is 12.7. The minimum atomic E-state index is -0.652. The number of carbonyl (C=O) groups is 1. The Kier molecular flexibility index (Phi) is 5.94. The minimum Gasteiger partial charge on any atom is -0.468 e. The van der Waals surface area contributed by atoms with Gasteiger partial charge in [-0.3, -0.25) is 4.79 Å². The number of thioether (sulfide) groups is 1. The number of rotatable bonds is 7. The summed E-state index contributed by atoms with van der Waals surface area (Å²) in [5, 5.41) is 5.17. The molecule has 1 unspecified atom stereocenters. The molecule has 6 heteroatoms. The fourth-order valence-electron chi connectivity index (χ4n) is 1.30. The van der Waals surface area contributed by atoms with Crippen molar-refractivity contribution in [3.63, 3.8) is 0 Å². The van der Waals surface area contributed by atoms with E-state index in [1.807, 2.05) is 12.3 Å². The van der Waals surface area contributed by atoms with Gasteiger partial charge in [-0.25, -0.2) is 4.98 Å². The fraction of sp³-hybridized carbons (Fsp3) is 0.636. The molecule has 1 N–H and O–H groups in total. The topological polar surface area (TPSA) is 51.2 Å². The van der Waals surface area contributed by atoms with Crippen LogP contribution in [0.1, 0.15) is 20.3 Å². The largest absolute Gasteiger partial charge is 0.468 e. The lowest BCUT2D eigenvalue weighted by molar-refractivity contribution is -0.146. The molecule has 17 heavy (non-hydrogen) atoms. The van der Waals surface area contributed by atoms with Crippen LogP contribution in [-0.4, -0.2) is 35.9 Å². The van der Waals surface area contributed by atoms with Gasteiger partial charge in [-0.2, -0.15) is 0 Å². The maximum atomic E-state index is 11.8. The highest BCUT2D eigenvalue weighted by Gasteiger charge is 2.33. The summed E-state index contributed by atoms with van der Waals surface area (Å²) in [5.74, 6) is 0.391. The zero-order valence-corrected chi connectivity index (χ0v) is 12.0. The number of thiazole rings is 1. The van der Waals surface area contributed by atoms with Crippen molar-refractivity contribution in [2.75, 3.05) is 19.4 Å². The third-order valence-electron chi connectivity index (χ3n) is 2.30. The Morgan fingerprint density at radius 2 is 2.47 bits per heavy atom. The molecule has 0 saturated heterocycles. The van der Waals surface area contributed by atoms with Crippen LogP contribution in [0.25, 0.3) is 0 Å². The Morgan fingerprint density at radius 3 is 3.00 bits per heavy atom. The molecule has 0 spiro atoms. The van der Waals surface area contributed by atoms with Crippen LogP contribution >= 0.6 is 23.1 Å². The van der Waals surface area contributed by atoms with Crippen LogP contribution in [0, 0.1) is 0 Å². The molecule has 96 valence electrons. The number of ether oxygens (including phenoxy) is 1. The van der Waals surface area contributed by atoms with Crippen LogP contribution in [0.15, 0.2) is 15.9 Å². The van der Waals surface area contributed by atoms with Gasteiger partial charge in [0.15, 0.2) is 0 Å². The lowest BCUT2D eigenvalue weighted by Crippen LogP contribution is -2.52. The van der Waals surface area contributed by atoms with Gasteiger partial charge in [0.1, 0.15) is 9.88 Å². The zero-order valence-electron chi connectivity index (χ0n) is 10.4. The molecule has 0 radical (unpaired) electrons. The van der Waals surface area contributed by atoms with E-state index in [1.165, 1.54) is 7.11 Å². The summed E-state index contributed by atoms with van der Waals surface area (Å²) in [6.45, 7) is 4.73. The monoisotopic (exact) mass is 274 g/mol. The molecule has 0 amide bonds. The molecule has 1 aromatic heterocycles. The van der Waals surface area contributed by atoms with Gasteiger partial charge in [-0.15, -0.1) is 11.3 Å². The number of nitrogens with zero attached hydrogens (tertiary/aromatic N) is 1. The maximum absolute atomic E-state index is 11.8. The van der Waals surface area contributed by atoms with Crippen molar-refractivity contribution in [1.29, 1.82) is 0 Å². The number of carbonyl (C=O) groups excluding carboxylic acids is 1. The van der Waals surface area contributed by atoms with Crippen LogP contribution in [0.5, 0.6) is 0 Å². The van der Waals surface area contributed by atoms with Crippen LogP contribution in [0.3, 0.4) is 0 Å². The van der Waals surface area contributed by atoms with E-state index in [0.717, 1.165) is 17.3 Å². The summed E-state index contributed by atoms with van der Waals surface area (Å²) in [6.07, 6.45) is 2.75. The first kappa shape index (κ1) is 14.5. The van der Waals surface area contributed by atoms with Crippen molar-refractivity contribution < 1.29 is 9.53 Å². The van der Waals surface area contributed by atoms with Gasteiger partial charge in [0.25, 0.3) is 0 Å². The molecule has 0 aliphatic rings. The van der Waals surface area contributed by atoms with Crippen LogP contribution < -0.4 is 5.32 Å². The molecule has 0 aromatic carbocycles. The average Bonchev–Trinajstić information content (AvgIpc) is 2.86. The Bertz CT molecular complexity index is 343. The number of hydrogen-bond donors (Lipinski definition) is 1. The second-order valence-corrected chi connectivity index (χ2v) is 5.95. The van der Waals surface area contributed by atoms with E-state index in [9.17, 15) is 4.79 Å². The van der Waals surface area contributed by atoms with Crippen LogP contribution in [-0.2, 0) is 9.53 Å². The highest BCUT2D eigenvalue weighted by Crippen LogP contribution is 2.25. The summed E-state index contributed by atoms with van der Waals surface area (Å²) in [4.78, 5) is 16.0. The summed E-state index contributed by atoms with van der Waals surface area (Å²) >= 11 is 3.15. The molecule has 0 aliphatic heterocycles. The van der Waals surface area contributed by atoms with Crippen molar-refractivity contribution in [3.05, 3.63) is 11.6 Å². The first-order valence-electron chi connectivity index (χ1n) is 5.48. The van der Waals surface area contributed by atoms with Gasteiger partial charge in [0.05, 0.1) is 7.11 Å². The molecule has 0 aliphatic carbocycles. The Morgan fingerprint density at radius 1 is 1.71 bits per heavy atom. The first-order chi connectivity index (χ1) is 8.12. The molecule has 0 bridgehead atoms. The fourth-order valence-corrected chi connectivity index (χ4v) is 3.04. The lowest BCUT2D eigenvalue weighted by atomic mass is 10.1. The van der Waals surface area contributed by atoms with E-state index in [1.54, 1.807) is 29.3 Å². The summed E-state index contributed by atoms with van der Waals surface area (Å²) in [5.41, 5.74) is -0.652. The summed E-state index contributed by atoms with van der Waals surface area (Å²) < 4.78 is 5.82. The third kappa shape index (κ3) is 4.29. The van der Waals surface area contributed by atoms with E-state index in [-0.39, 0.29) is 5.97 Å². The number of esters is 1. The minimum absolute atomic E-state index is 0.227. The summed E-state index contributed by atoms with van der Waals surface area (Å²) in [7, 11) is 1.42. The van der Waals surface area contributed by atoms with E-state index in [2.05, 4.69) is 17.2 Å². The predicted octanol–water partition coefficient (Wildman–Crippen LogP) is 2.17. The SMILES string of the molecule is CCCNC(C)(CSc1nccs1)C(=O)OC. The lowest BCUT2D eigenvalue weighted by Gasteiger charge is -2.27. The van der Waals surface area contributed by atoms with Crippen molar-refractivity contribution >= 4 is 29.1 Å². The highest BCUT2D eigenvalue weighted by atomic mass is 32.2. The molecule has 1 aromatic rings. The van der Waals surface area contributed by atoms with E-state index >= 15 is 0 Å². The number of aromatic nitrogens is 1. The van der Waals surface area contributed by atoms with E-state index in [0.29, 0.717) is 5.75 Å². The second kappa shape index (κ2) is 6.98. The van der Waals surface area contributed by atoms with Crippen molar-refractivity contribution in [2.45, 2.75) is 30.1 Å². The standard InChI is InChI=1S/C11H18N2O2S2/c1-4-5-13-11(2,9(14)15-3)8-17-10-12-6-7-16-10/h6-7,13H,4-5,8H2,1-3H3.